The van der Waals surface area contributed by atoms with E-state index in [4.69, 9.17) is 5.73 Å². The number of aryl methyl sites for hydroxylation is 2. The molecule has 2 nitrogen and oxygen atoms in total. The molecular weight excluding hydrogens is 232 g/mol. The third kappa shape index (κ3) is 2.30. The number of benzene rings is 2. The van der Waals surface area contributed by atoms with Crippen LogP contribution in [0.3, 0.4) is 0 Å². The summed E-state index contributed by atoms with van der Waals surface area (Å²) in [5.74, 6) is 0. The van der Waals surface area contributed by atoms with Gasteiger partial charge in [-0.25, -0.2) is 0 Å². The third-order valence-electron chi connectivity index (χ3n) is 3.96. The highest BCUT2D eigenvalue weighted by molar-refractivity contribution is 5.78. The van der Waals surface area contributed by atoms with Crippen molar-refractivity contribution in [2.45, 2.75) is 27.7 Å². The molecule has 0 unspecified atom stereocenters. The first-order valence-corrected chi connectivity index (χ1v) is 6.59. The molecular formula is C17H22N2. The van der Waals surface area contributed by atoms with Gasteiger partial charge in [0, 0.05) is 12.7 Å². The fourth-order valence-electron chi connectivity index (χ4n) is 2.61. The second kappa shape index (κ2) is 4.96. The molecule has 0 saturated heterocycles. The Labute approximate surface area is 115 Å². The quantitative estimate of drug-likeness (QED) is 0.811. The van der Waals surface area contributed by atoms with Gasteiger partial charge < -0.3 is 10.6 Å². The van der Waals surface area contributed by atoms with Crippen LogP contribution in [0.5, 0.6) is 0 Å². The summed E-state index contributed by atoms with van der Waals surface area (Å²) in [4.78, 5) is 2.19. The molecule has 2 N–H and O–H groups in total. The van der Waals surface area contributed by atoms with E-state index in [-0.39, 0.29) is 0 Å². The highest BCUT2D eigenvalue weighted by Crippen LogP contribution is 2.35. The van der Waals surface area contributed by atoms with Crippen molar-refractivity contribution in [1.82, 2.24) is 0 Å². The van der Waals surface area contributed by atoms with Gasteiger partial charge in [-0.05, 0) is 62.1 Å². The van der Waals surface area contributed by atoms with E-state index in [9.17, 15) is 0 Å². The molecule has 2 aromatic carbocycles. The van der Waals surface area contributed by atoms with Gasteiger partial charge in [-0.3, -0.25) is 0 Å². The van der Waals surface area contributed by atoms with E-state index >= 15 is 0 Å². The molecule has 2 aromatic rings. The second-order valence-electron chi connectivity index (χ2n) is 5.23. The van der Waals surface area contributed by atoms with E-state index in [1.807, 2.05) is 18.2 Å². The molecule has 0 fully saturated rings. The van der Waals surface area contributed by atoms with Crippen LogP contribution < -0.4 is 10.6 Å². The molecule has 2 heteroatoms. The highest BCUT2D eigenvalue weighted by Gasteiger charge is 2.15. The fourth-order valence-corrected chi connectivity index (χ4v) is 2.61. The number of para-hydroxylation sites is 2. The van der Waals surface area contributed by atoms with Crippen LogP contribution in [-0.4, -0.2) is 7.05 Å². The monoisotopic (exact) mass is 254 g/mol. The van der Waals surface area contributed by atoms with Crippen molar-refractivity contribution in [1.29, 1.82) is 0 Å². The summed E-state index contributed by atoms with van der Waals surface area (Å²) < 4.78 is 0. The minimum absolute atomic E-state index is 0.808. The van der Waals surface area contributed by atoms with Crippen molar-refractivity contribution in [3.63, 3.8) is 0 Å². The maximum Gasteiger partial charge on any atom is 0.0641 e. The lowest BCUT2D eigenvalue weighted by atomic mass is 9.97. The summed E-state index contributed by atoms with van der Waals surface area (Å²) in [6.07, 6.45) is 0. The molecule has 0 saturated carbocycles. The topological polar surface area (TPSA) is 29.3 Å². The zero-order valence-electron chi connectivity index (χ0n) is 12.4. The summed E-state index contributed by atoms with van der Waals surface area (Å²) in [5, 5.41) is 0. The Bertz CT molecular complexity index is 589. The Morgan fingerprint density at radius 1 is 0.895 bits per heavy atom. The van der Waals surface area contributed by atoms with Crippen LogP contribution in [-0.2, 0) is 0 Å². The first-order valence-electron chi connectivity index (χ1n) is 6.59. The molecule has 0 atom stereocenters. The molecule has 0 spiro atoms. The Balaban J connectivity index is 2.63. The van der Waals surface area contributed by atoms with Crippen LogP contribution in [0.2, 0.25) is 0 Å². The number of nitrogen functional groups attached to an aromatic ring is 1. The van der Waals surface area contributed by atoms with Crippen LogP contribution in [0.15, 0.2) is 30.3 Å². The van der Waals surface area contributed by atoms with Gasteiger partial charge in [-0.2, -0.15) is 0 Å². The van der Waals surface area contributed by atoms with E-state index in [0.717, 1.165) is 11.4 Å². The summed E-state index contributed by atoms with van der Waals surface area (Å²) in [6.45, 7) is 8.67. The summed E-state index contributed by atoms with van der Waals surface area (Å²) in [6, 6.07) is 10.2. The molecule has 0 radical (unpaired) electrons. The molecule has 0 aromatic heterocycles. The van der Waals surface area contributed by atoms with E-state index in [0.29, 0.717) is 0 Å². The molecule has 0 amide bonds. The lowest BCUT2D eigenvalue weighted by molar-refractivity contribution is 1.13. The summed E-state index contributed by atoms with van der Waals surface area (Å²) in [5.41, 5.74) is 14.5. The minimum atomic E-state index is 0.808. The molecule has 0 heterocycles. The van der Waals surface area contributed by atoms with Crippen molar-refractivity contribution in [2.75, 3.05) is 17.7 Å². The minimum Gasteiger partial charge on any atom is -0.397 e. The van der Waals surface area contributed by atoms with E-state index in [1.165, 1.54) is 27.9 Å². The molecule has 0 bridgehead atoms. The van der Waals surface area contributed by atoms with Crippen molar-refractivity contribution in [3.05, 3.63) is 52.6 Å². The number of hydrogen-bond acceptors (Lipinski definition) is 2. The molecule has 0 aliphatic rings. The van der Waals surface area contributed by atoms with Gasteiger partial charge in [-0.15, -0.1) is 0 Å². The van der Waals surface area contributed by atoms with Crippen molar-refractivity contribution in [2.24, 2.45) is 0 Å². The number of anilines is 3. The lowest BCUT2D eigenvalue weighted by Crippen LogP contribution is -2.15. The van der Waals surface area contributed by atoms with E-state index in [1.54, 1.807) is 0 Å². The third-order valence-corrected chi connectivity index (χ3v) is 3.96. The van der Waals surface area contributed by atoms with E-state index < -0.39 is 0 Å². The SMILES string of the molecule is Cc1cc(C)c(C)c(N(C)c2ccccc2N)c1C. The molecule has 0 aliphatic carbocycles. The van der Waals surface area contributed by atoms with Crippen LogP contribution in [0.4, 0.5) is 17.1 Å². The zero-order chi connectivity index (χ0) is 14.2. The van der Waals surface area contributed by atoms with Crippen molar-refractivity contribution in [3.8, 4) is 0 Å². The maximum absolute atomic E-state index is 6.09. The Kier molecular flexibility index (Phi) is 3.52. The van der Waals surface area contributed by atoms with Gasteiger partial charge in [0.25, 0.3) is 0 Å². The first-order chi connectivity index (χ1) is 8.93. The van der Waals surface area contributed by atoms with Crippen molar-refractivity contribution >= 4 is 17.1 Å². The average Bonchev–Trinajstić information content (AvgIpc) is 2.37. The van der Waals surface area contributed by atoms with Crippen LogP contribution in [0.1, 0.15) is 22.3 Å². The lowest BCUT2D eigenvalue weighted by Gasteiger charge is -2.27. The first kappa shape index (κ1) is 13.5. The van der Waals surface area contributed by atoms with Gasteiger partial charge in [0.2, 0.25) is 0 Å². The second-order valence-corrected chi connectivity index (χ2v) is 5.23. The number of hydrogen-bond donors (Lipinski definition) is 1. The predicted molar refractivity (Wildman–Crippen MR) is 84.3 cm³/mol. The molecule has 100 valence electrons. The van der Waals surface area contributed by atoms with Crippen molar-refractivity contribution < 1.29 is 0 Å². The number of nitrogens with zero attached hydrogens (tertiary/aromatic N) is 1. The van der Waals surface area contributed by atoms with E-state index in [2.05, 4.69) is 51.8 Å². The molecule has 0 aliphatic heterocycles. The summed E-state index contributed by atoms with van der Waals surface area (Å²) in [7, 11) is 2.08. The van der Waals surface area contributed by atoms with Gasteiger partial charge in [0.1, 0.15) is 0 Å². The summed E-state index contributed by atoms with van der Waals surface area (Å²) >= 11 is 0. The molecule has 2 rings (SSSR count). The largest absolute Gasteiger partial charge is 0.397 e. The van der Waals surface area contributed by atoms with Gasteiger partial charge in [0.05, 0.1) is 11.4 Å². The smallest absolute Gasteiger partial charge is 0.0641 e. The average molecular weight is 254 g/mol. The Morgan fingerprint density at radius 2 is 1.42 bits per heavy atom. The number of rotatable bonds is 2. The molecule has 19 heavy (non-hydrogen) atoms. The Hall–Kier alpha value is -1.96. The maximum atomic E-state index is 6.09. The van der Waals surface area contributed by atoms with Crippen LogP contribution >= 0.6 is 0 Å². The van der Waals surface area contributed by atoms with Crippen LogP contribution in [0.25, 0.3) is 0 Å². The standard InChI is InChI=1S/C17H22N2/c1-11-10-12(2)14(4)17(13(11)3)19(5)16-9-7-6-8-15(16)18/h6-10H,18H2,1-5H3. The fraction of sp³-hybridized carbons (Fsp3) is 0.294. The van der Waals surface area contributed by atoms with Gasteiger partial charge in [0.15, 0.2) is 0 Å². The normalized spacial score (nSPS) is 10.6. The van der Waals surface area contributed by atoms with Crippen LogP contribution in [0, 0.1) is 27.7 Å². The zero-order valence-corrected chi connectivity index (χ0v) is 12.4. The van der Waals surface area contributed by atoms with Gasteiger partial charge in [-0.1, -0.05) is 18.2 Å². The predicted octanol–water partition coefficient (Wildman–Crippen LogP) is 4.27. The number of nitrogens with two attached hydrogens (primary N) is 1. The highest BCUT2D eigenvalue weighted by atomic mass is 15.1. The van der Waals surface area contributed by atoms with Gasteiger partial charge >= 0.3 is 0 Å². The Morgan fingerprint density at radius 3 is 1.95 bits per heavy atom.